The van der Waals surface area contributed by atoms with Crippen LogP contribution in [0.4, 0.5) is 10.5 Å². The van der Waals surface area contributed by atoms with E-state index in [2.05, 4.69) is 22.1 Å². The first-order valence-corrected chi connectivity index (χ1v) is 19.4. The lowest BCUT2D eigenvalue weighted by atomic mass is 9.94. The third kappa shape index (κ3) is 8.31. The number of aryl methyl sites for hydroxylation is 1. The van der Waals surface area contributed by atoms with Crippen molar-refractivity contribution in [3.05, 3.63) is 77.0 Å². The highest BCUT2D eigenvalue weighted by atomic mass is 16.5. The SMILES string of the molecule is CCCCn1cc(-c2ccc(OC3CCN(CC4CCN(C(=O)c5ccc(OC)c(N6CCC(=O)NC6=O)c5)CC4)CC3)c(OC)c2)c2ccncc2c1=O. The second-order valence-electron chi connectivity index (χ2n) is 14.7. The summed E-state index contributed by atoms with van der Waals surface area (Å²) in [7, 11) is 3.18. The minimum Gasteiger partial charge on any atom is -0.495 e. The Bertz CT molecular complexity index is 2100. The number of likely N-dealkylation sites (tertiary alicyclic amines) is 2. The van der Waals surface area contributed by atoms with Gasteiger partial charge in [0.1, 0.15) is 11.9 Å². The van der Waals surface area contributed by atoms with Crippen molar-refractivity contribution in [3.63, 3.8) is 0 Å². The highest BCUT2D eigenvalue weighted by Gasteiger charge is 2.30. The maximum Gasteiger partial charge on any atom is 0.328 e. The number of nitrogens with one attached hydrogen (secondary N) is 1. The molecular weight excluding hydrogens is 700 g/mol. The number of aromatic nitrogens is 2. The van der Waals surface area contributed by atoms with E-state index in [1.54, 1.807) is 42.3 Å². The summed E-state index contributed by atoms with van der Waals surface area (Å²) >= 11 is 0. The lowest BCUT2D eigenvalue weighted by Crippen LogP contribution is -2.49. The van der Waals surface area contributed by atoms with E-state index in [-0.39, 0.29) is 36.4 Å². The van der Waals surface area contributed by atoms with Crippen molar-refractivity contribution in [1.29, 1.82) is 0 Å². The Hall–Kier alpha value is -5.43. The summed E-state index contributed by atoms with van der Waals surface area (Å²) in [6.07, 6.45) is 11.2. The molecule has 55 heavy (non-hydrogen) atoms. The van der Waals surface area contributed by atoms with Crippen molar-refractivity contribution in [2.45, 2.75) is 64.5 Å². The Morgan fingerprint density at radius 3 is 2.36 bits per heavy atom. The van der Waals surface area contributed by atoms with E-state index in [1.807, 2.05) is 35.4 Å². The monoisotopic (exact) mass is 750 g/mol. The highest BCUT2D eigenvalue weighted by molar-refractivity contribution is 6.07. The number of fused-ring (bicyclic) bond motifs is 1. The second kappa shape index (κ2) is 16.9. The van der Waals surface area contributed by atoms with Crippen LogP contribution in [0.2, 0.25) is 0 Å². The van der Waals surface area contributed by atoms with Crippen molar-refractivity contribution >= 4 is 34.3 Å². The first-order valence-electron chi connectivity index (χ1n) is 19.4. The largest absolute Gasteiger partial charge is 0.495 e. The number of piperidine rings is 2. The number of hydrogen-bond acceptors (Lipinski definition) is 9. The molecule has 4 amide bonds. The van der Waals surface area contributed by atoms with E-state index in [0.29, 0.717) is 59.4 Å². The maximum atomic E-state index is 13.6. The number of carbonyl (C=O) groups is 3. The molecule has 290 valence electrons. The lowest BCUT2D eigenvalue weighted by molar-refractivity contribution is -0.120. The molecule has 7 rings (SSSR count). The fourth-order valence-corrected chi connectivity index (χ4v) is 7.98. The molecule has 0 saturated carbocycles. The van der Waals surface area contributed by atoms with Crippen LogP contribution in [0.5, 0.6) is 17.2 Å². The van der Waals surface area contributed by atoms with Gasteiger partial charge in [-0.3, -0.25) is 29.6 Å². The summed E-state index contributed by atoms with van der Waals surface area (Å²) in [4.78, 5) is 61.0. The third-order valence-corrected chi connectivity index (χ3v) is 11.1. The first kappa shape index (κ1) is 37.9. The van der Waals surface area contributed by atoms with E-state index in [1.165, 1.54) is 12.0 Å². The van der Waals surface area contributed by atoms with Crippen molar-refractivity contribution in [1.82, 2.24) is 24.7 Å². The molecule has 13 heteroatoms. The van der Waals surface area contributed by atoms with Gasteiger partial charge in [0.25, 0.3) is 11.5 Å². The molecule has 13 nitrogen and oxygen atoms in total. The lowest BCUT2D eigenvalue weighted by Gasteiger charge is -2.38. The van der Waals surface area contributed by atoms with Crippen LogP contribution in [0.25, 0.3) is 21.9 Å². The van der Waals surface area contributed by atoms with Gasteiger partial charge in [0.15, 0.2) is 11.5 Å². The van der Waals surface area contributed by atoms with Gasteiger partial charge in [0.2, 0.25) is 5.91 Å². The molecule has 3 saturated heterocycles. The Kier molecular flexibility index (Phi) is 11.7. The quantitative estimate of drug-likeness (QED) is 0.193. The van der Waals surface area contributed by atoms with Crippen molar-refractivity contribution in [3.8, 4) is 28.4 Å². The second-order valence-corrected chi connectivity index (χ2v) is 14.7. The summed E-state index contributed by atoms with van der Waals surface area (Å²) in [6.45, 7) is 7.21. The number of urea groups is 1. The number of anilines is 1. The van der Waals surface area contributed by atoms with Gasteiger partial charge in [-0.05, 0) is 85.4 Å². The number of rotatable bonds is 12. The standard InChI is InChI=1S/C42H50N6O7/c1-4-5-17-47-27-34(32-10-16-43-25-33(32)41(47)51)29-6-9-37(38(24-29)54-3)55-31-13-18-45(19-14-31)26-28-11-20-46(21-12-28)40(50)30-7-8-36(53-2)35(23-30)48-22-15-39(49)44-42(48)52/h6-10,16,23-25,27-28,31H,4-5,11-15,17-22,26H2,1-3H3,(H,44,49,52). The van der Waals surface area contributed by atoms with Crippen molar-refractivity contribution in [2.75, 3.05) is 58.4 Å². The number of pyridine rings is 2. The predicted octanol–water partition coefficient (Wildman–Crippen LogP) is 5.72. The molecule has 0 aliphatic carbocycles. The number of nitrogens with zero attached hydrogens (tertiary/aromatic N) is 5. The summed E-state index contributed by atoms with van der Waals surface area (Å²) in [5.74, 6) is 1.96. The summed E-state index contributed by atoms with van der Waals surface area (Å²) < 4.78 is 19.6. The van der Waals surface area contributed by atoms with Crippen LogP contribution in [0.3, 0.4) is 0 Å². The number of hydrogen-bond donors (Lipinski definition) is 1. The van der Waals surface area contributed by atoms with Gasteiger partial charge in [-0.15, -0.1) is 0 Å². The number of imide groups is 1. The first-order chi connectivity index (χ1) is 26.8. The molecule has 2 aromatic heterocycles. The normalized spacial score (nSPS) is 17.4. The van der Waals surface area contributed by atoms with Crippen molar-refractivity contribution in [2.24, 2.45) is 5.92 Å². The molecule has 0 unspecified atom stereocenters. The molecule has 5 heterocycles. The van der Waals surface area contributed by atoms with Crippen LogP contribution in [0.15, 0.2) is 65.8 Å². The summed E-state index contributed by atoms with van der Waals surface area (Å²) in [6, 6.07) is 12.5. The van der Waals surface area contributed by atoms with Gasteiger partial charge in [0.05, 0.1) is 25.3 Å². The molecule has 3 aliphatic heterocycles. The molecule has 0 radical (unpaired) electrons. The predicted molar refractivity (Wildman–Crippen MR) is 210 cm³/mol. The fourth-order valence-electron chi connectivity index (χ4n) is 7.98. The number of ether oxygens (including phenoxy) is 3. The highest BCUT2D eigenvalue weighted by Crippen LogP contribution is 2.37. The van der Waals surface area contributed by atoms with E-state index in [4.69, 9.17) is 14.2 Å². The molecule has 0 bridgehead atoms. The van der Waals surface area contributed by atoms with Crippen LogP contribution < -0.4 is 30.0 Å². The zero-order valence-electron chi connectivity index (χ0n) is 31.9. The van der Waals surface area contributed by atoms with E-state index in [0.717, 1.165) is 74.7 Å². The maximum absolute atomic E-state index is 13.6. The van der Waals surface area contributed by atoms with Gasteiger partial charge >= 0.3 is 6.03 Å². The van der Waals surface area contributed by atoms with E-state index >= 15 is 0 Å². The van der Waals surface area contributed by atoms with Gasteiger partial charge in [-0.25, -0.2) is 4.79 Å². The Labute approximate surface area is 321 Å². The number of methoxy groups -OCH3 is 2. The minimum absolute atomic E-state index is 0.0223. The minimum atomic E-state index is -0.517. The molecule has 0 atom stereocenters. The van der Waals surface area contributed by atoms with Crippen LogP contribution in [-0.4, -0.2) is 96.8 Å². The van der Waals surface area contributed by atoms with Gasteiger partial charge in [-0.1, -0.05) is 19.4 Å². The molecule has 3 aliphatic rings. The summed E-state index contributed by atoms with van der Waals surface area (Å²) in [5, 5.41) is 3.81. The van der Waals surface area contributed by atoms with Gasteiger partial charge in [0, 0.05) is 82.0 Å². The molecule has 1 N–H and O–H groups in total. The molecule has 3 fully saturated rings. The van der Waals surface area contributed by atoms with Crippen LogP contribution in [-0.2, 0) is 11.3 Å². The molecular formula is C42H50N6O7. The Morgan fingerprint density at radius 1 is 0.873 bits per heavy atom. The third-order valence-electron chi connectivity index (χ3n) is 11.1. The zero-order valence-corrected chi connectivity index (χ0v) is 31.9. The molecule has 2 aromatic carbocycles. The average molecular weight is 751 g/mol. The van der Waals surface area contributed by atoms with Crippen LogP contribution in [0, 0.1) is 5.92 Å². The number of benzene rings is 2. The van der Waals surface area contributed by atoms with E-state index < -0.39 is 6.03 Å². The number of unbranched alkanes of at least 4 members (excludes halogenated alkanes) is 1. The van der Waals surface area contributed by atoms with Crippen LogP contribution >= 0.6 is 0 Å². The smallest absolute Gasteiger partial charge is 0.328 e. The summed E-state index contributed by atoms with van der Waals surface area (Å²) in [5.41, 5.74) is 2.86. The number of carbonyl (C=O) groups excluding carboxylic acids is 3. The van der Waals surface area contributed by atoms with Crippen molar-refractivity contribution < 1.29 is 28.6 Å². The molecule has 0 spiro atoms. The topological polar surface area (TPSA) is 136 Å². The Balaban J connectivity index is 0.922. The zero-order chi connectivity index (χ0) is 38.5. The van der Waals surface area contributed by atoms with Crippen LogP contribution in [0.1, 0.15) is 62.2 Å². The average Bonchev–Trinajstić information content (AvgIpc) is 3.21. The van der Waals surface area contributed by atoms with Gasteiger partial charge < -0.3 is 28.6 Å². The molecule has 4 aromatic rings. The number of amides is 4. The van der Waals surface area contributed by atoms with Gasteiger partial charge in [-0.2, -0.15) is 0 Å². The van der Waals surface area contributed by atoms with E-state index in [9.17, 15) is 19.2 Å². The Morgan fingerprint density at radius 2 is 1.64 bits per heavy atom. The fraction of sp³-hybridized carbons (Fsp3) is 0.452.